The van der Waals surface area contributed by atoms with Gasteiger partial charge < -0.3 is 10.2 Å². The molecule has 1 N–H and O–H groups in total. The van der Waals surface area contributed by atoms with Crippen molar-refractivity contribution in [1.29, 1.82) is 0 Å². The molecule has 1 aromatic carbocycles. The van der Waals surface area contributed by atoms with Gasteiger partial charge in [-0.25, -0.2) is 0 Å². The molecule has 1 aliphatic heterocycles. The van der Waals surface area contributed by atoms with Crippen molar-refractivity contribution in [2.75, 3.05) is 18.4 Å². The maximum absolute atomic E-state index is 13.4. The molecule has 1 aromatic heterocycles. The van der Waals surface area contributed by atoms with Gasteiger partial charge in [-0.3, -0.25) is 9.59 Å². The van der Waals surface area contributed by atoms with Crippen LogP contribution in [0.2, 0.25) is 0 Å². The van der Waals surface area contributed by atoms with Crippen molar-refractivity contribution in [2.24, 2.45) is 5.92 Å². The van der Waals surface area contributed by atoms with E-state index in [-0.39, 0.29) is 11.8 Å². The highest BCUT2D eigenvalue weighted by Gasteiger charge is 2.31. The highest BCUT2D eigenvalue weighted by atomic mass is 32.1. The predicted octanol–water partition coefficient (Wildman–Crippen LogP) is 5.06. The second kappa shape index (κ2) is 8.08. The summed E-state index contributed by atoms with van der Waals surface area (Å²) in [7, 11) is 0. The molecule has 4 rings (SSSR count). The fourth-order valence-electron chi connectivity index (χ4n) is 4.28. The Labute approximate surface area is 170 Å². The van der Waals surface area contributed by atoms with Gasteiger partial charge in [-0.15, -0.1) is 11.3 Å². The van der Waals surface area contributed by atoms with Crippen LogP contribution in [-0.2, 0) is 12.8 Å². The number of thiophene rings is 1. The number of carbonyl (C=O) groups excluding carboxylic acids is 2. The molecule has 1 aliphatic carbocycles. The van der Waals surface area contributed by atoms with E-state index in [9.17, 15) is 9.59 Å². The molecular formula is C23H28N2O2S. The Morgan fingerprint density at radius 3 is 2.71 bits per heavy atom. The Bertz CT molecular complexity index is 896. The standard InChI is InChI=1S/C23H28N2O2S/c1-15-7-6-8-17(13-15)21(26)24-22-20(23(27)25-11-4-3-5-12-25)18-10-9-16(2)14-19(18)28-22/h6-8,13,16H,3-5,9-12,14H2,1-2H3,(H,24,26). The van der Waals surface area contributed by atoms with E-state index in [0.29, 0.717) is 11.5 Å². The molecule has 28 heavy (non-hydrogen) atoms. The molecule has 4 nitrogen and oxygen atoms in total. The summed E-state index contributed by atoms with van der Waals surface area (Å²) in [5.41, 5.74) is 3.63. The van der Waals surface area contributed by atoms with Crippen molar-refractivity contribution in [2.45, 2.75) is 52.4 Å². The Balaban J connectivity index is 1.67. The zero-order valence-corrected chi connectivity index (χ0v) is 17.5. The first-order chi connectivity index (χ1) is 13.5. The lowest BCUT2D eigenvalue weighted by Crippen LogP contribution is -2.36. The highest BCUT2D eigenvalue weighted by molar-refractivity contribution is 7.17. The molecule has 2 amide bonds. The molecular weight excluding hydrogens is 368 g/mol. The van der Waals surface area contributed by atoms with Gasteiger partial charge >= 0.3 is 0 Å². The molecule has 148 valence electrons. The molecule has 0 saturated carbocycles. The van der Waals surface area contributed by atoms with E-state index in [1.807, 2.05) is 36.1 Å². The quantitative estimate of drug-likeness (QED) is 0.788. The molecule has 5 heteroatoms. The molecule has 1 saturated heterocycles. The third-order valence-corrected chi connectivity index (χ3v) is 7.05. The summed E-state index contributed by atoms with van der Waals surface area (Å²) >= 11 is 1.61. The van der Waals surface area contributed by atoms with Gasteiger partial charge in [0, 0.05) is 23.5 Å². The Morgan fingerprint density at radius 2 is 1.96 bits per heavy atom. The highest BCUT2D eigenvalue weighted by Crippen LogP contribution is 2.40. The van der Waals surface area contributed by atoms with Crippen molar-refractivity contribution in [1.82, 2.24) is 4.90 Å². The lowest BCUT2D eigenvalue weighted by Gasteiger charge is -2.28. The Kier molecular flexibility index (Phi) is 5.54. The number of nitrogens with zero attached hydrogens (tertiary/aromatic N) is 1. The topological polar surface area (TPSA) is 49.4 Å². The summed E-state index contributed by atoms with van der Waals surface area (Å²) < 4.78 is 0. The van der Waals surface area contributed by atoms with Crippen LogP contribution < -0.4 is 5.32 Å². The summed E-state index contributed by atoms with van der Waals surface area (Å²) in [6, 6.07) is 7.58. The molecule has 1 fully saturated rings. The monoisotopic (exact) mass is 396 g/mol. The Morgan fingerprint density at radius 1 is 1.18 bits per heavy atom. The number of hydrogen-bond acceptors (Lipinski definition) is 3. The van der Waals surface area contributed by atoms with Crippen LogP contribution >= 0.6 is 11.3 Å². The fraction of sp³-hybridized carbons (Fsp3) is 0.478. The molecule has 0 bridgehead atoms. The number of amides is 2. The summed E-state index contributed by atoms with van der Waals surface area (Å²) in [5.74, 6) is 0.596. The predicted molar refractivity (Wildman–Crippen MR) is 114 cm³/mol. The van der Waals surface area contributed by atoms with Crippen molar-refractivity contribution in [3.63, 3.8) is 0 Å². The van der Waals surface area contributed by atoms with Crippen LogP contribution in [0.15, 0.2) is 24.3 Å². The third-order valence-electron chi connectivity index (χ3n) is 5.88. The summed E-state index contributed by atoms with van der Waals surface area (Å²) in [4.78, 5) is 29.5. The lowest BCUT2D eigenvalue weighted by molar-refractivity contribution is 0.0724. The number of hydrogen-bond donors (Lipinski definition) is 1. The molecule has 1 unspecified atom stereocenters. The van der Waals surface area contributed by atoms with Crippen LogP contribution in [0.1, 0.15) is 69.3 Å². The van der Waals surface area contributed by atoms with Gasteiger partial charge in [0.25, 0.3) is 11.8 Å². The maximum Gasteiger partial charge on any atom is 0.257 e. The maximum atomic E-state index is 13.4. The number of rotatable bonds is 3. The average molecular weight is 397 g/mol. The van der Waals surface area contributed by atoms with E-state index >= 15 is 0 Å². The summed E-state index contributed by atoms with van der Waals surface area (Å²) in [5, 5.41) is 3.82. The minimum Gasteiger partial charge on any atom is -0.339 e. The molecule has 0 spiro atoms. The van der Waals surface area contributed by atoms with Crippen molar-refractivity contribution in [3.8, 4) is 0 Å². The zero-order valence-electron chi connectivity index (χ0n) is 16.7. The Hall–Kier alpha value is -2.14. The van der Waals surface area contributed by atoms with Gasteiger partial charge in [0.1, 0.15) is 5.00 Å². The van der Waals surface area contributed by atoms with E-state index < -0.39 is 0 Å². The molecule has 2 aromatic rings. The van der Waals surface area contributed by atoms with E-state index in [2.05, 4.69) is 12.2 Å². The van der Waals surface area contributed by atoms with Gasteiger partial charge in [0.15, 0.2) is 0 Å². The molecule has 0 radical (unpaired) electrons. The van der Waals surface area contributed by atoms with Gasteiger partial charge in [0.2, 0.25) is 0 Å². The van der Waals surface area contributed by atoms with Crippen molar-refractivity contribution in [3.05, 3.63) is 51.4 Å². The summed E-state index contributed by atoms with van der Waals surface area (Å²) in [6.45, 7) is 5.89. The summed E-state index contributed by atoms with van der Waals surface area (Å²) in [6.07, 6.45) is 6.37. The van der Waals surface area contributed by atoms with E-state index in [4.69, 9.17) is 0 Å². The minimum atomic E-state index is -0.136. The van der Waals surface area contributed by atoms with Gasteiger partial charge in [0.05, 0.1) is 5.56 Å². The normalized spacial score (nSPS) is 19.2. The van der Waals surface area contributed by atoms with Crippen LogP contribution in [0.4, 0.5) is 5.00 Å². The average Bonchev–Trinajstić information content (AvgIpc) is 3.04. The van der Waals surface area contributed by atoms with Crippen LogP contribution in [-0.4, -0.2) is 29.8 Å². The first-order valence-corrected chi connectivity index (χ1v) is 11.2. The van der Waals surface area contributed by atoms with Crippen LogP contribution in [0.3, 0.4) is 0 Å². The number of aryl methyl sites for hydroxylation is 1. The fourth-order valence-corrected chi connectivity index (χ4v) is 5.68. The number of anilines is 1. The number of piperidine rings is 1. The first-order valence-electron chi connectivity index (χ1n) is 10.3. The first kappa shape index (κ1) is 19.2. The van der Waals surface area contributed by atoms with Crippen molar-refractivity contribution < 1.29 is 9.59 Å². The van der Waals surface area contributed by atoms with Crippen LogP contribution in [0, 0.1) is 12.8 Å². The van der Waals surface area contributed by atoms with Crippen molar-refractivity contribution >= 4 is 28.2 Å². The van der Waals surface area contributed by atoms with Gasteiger partial charge in [-0.2, -0.15) is 0 Å². The van der Waals surface area contributed by atoms with Crippen LogP contribution in [0.5, 0.6) is 0 Å². The smallest absolute Gasteiger partial charge is 0.257 e. The second-order valence-corrected chi connectivity index (χ2v) is 9.34. The molecule has 1 atom stereocenters. The largest absolute Gasteiger partial charge is 0.339 e. The van der Waals surface area contributed by atoms with Gasteiger partial charge in [-0.1, -0.05) is 24.6 Å². The molecule has 2 aliphatic rings. The zero-order chi connectivity index (χ0) is 19.7. The number of likely N-dealkylation sites (tertiary alicyclic amines) is 1. The number of fused-ring (bicyclic) bond motifs is 1. The second-order valence-electron chi connectivity index (χ2n) is 8.23. The lowest BCUT2D eigenvalue weighted by atomic mass is 9.88. The minimum absolute atomic E-state index is 0.103. The number of carbonyl (C=O) groups is 2. The SMILES string of the molecule is Cc1cccc(C(=O)Nc2sc3c(c2C(=O)N2CCCCC2)CCC(C)C3)c1. The number of benzene rings is 1. The third kappa shape index (κ3) is 3.86. The van der Waals surface area contributed by atoms with E-state index in [1.165, 1.54) is 16.9 Å². The van der Waals surface area contributed by atoms with Crippen LogP contribution in [0.25, 0.3) is 0 Å². The van der Waals surface area contributed by atoms with E-state index in [1.54, 1.807) is 11.3 Å². The number of nitrogens with one attached hydrogen (secondary N) is 1. The van der Waals surface area contributed by atoms with E-state index in [0.717, 1.165) is 61.3 Å². The molecule has 2 heterocycles. The van der Waals surface area contributed by atoms with Gasteiger partial charge in [-0.05, 0) is 69.1 Å².